The third-order valence-corrected chi connectivity index (χ3v) is 4.42. The molecule has 0 radical (unpaired) electrons. The molecule has 3 rings (SSSR count). The van der Waals surface area contributed by atoms with E-state index in [9.17, 15) is 23.2 Å². The van der Waals surface area contributed by atoms with Crippen LogP contribution in [0, 0.1) is 0 Å². The summed E-state index contributed by atoms with van der Waals surface area (Å²) in [4.78, 5) is 42.7. The van der Waals surface area contributed by atoms with E-state index in [1.807, 2.05) is 0 Å². The first-order valence-corrected chi connectivity index (χ1v) is 8.54. The highest BCUT2D eigenvalue weighted by Crippen LogP contribution is 2.20. The number of hydrogen-bond donors (Lipinski definition) is 1. The Morgan fingerprint density at radius 2 is 1.82 bits per heavy atom. The summed E-state index contributed by atoms with van der Waals surface area (Å²) in [5.41, 5.74) is 1.75. The number of carbonyl (C=O) groups excluding carboxylic acids is 3. The van der Waals surface area contributed by atoms with Gasteiger partial charge in [-0.1, -0.05) is 12.1 Å². The molecule has 1 aliphatic rings. The number of nitrogens with one attached hydrogen (secondary N) is 1. The standard InChI is InChI=1S/C19H18F2N4O3/c1-24(17(26)13-6-8-22-9-7-13)14-4-2-12(3-5-14)11-25-18(27)15(10-16(20)21)23-19(25)28/h2-9,15-16H,10-11H2,1H3,(H,23,28). The predicted molar refractivity (Wildman–Crippen MR) is 96.9 cm³/mol. The number of pyridine rings is 1. The number of imide groups is 1. The molecule has 0 spiro atoms. The van der Waals surface area contributed by atoms with Crippen molar-refractivity contribution in [2.75, 3.05) is 11.9 Å². The van der Waals surface area contributed by atoms with Gasteiger partial charge in [0.1, 0.15) is 6.04 Å². The highest BCUT2D eigenvalue weighted by atomic mass is 19.3. The van der Waals surface area contributed by atoms with Crippen molar-refractivity contribution in [3.8, 4) is 0 Å². The second-order valence-corrected chi connectivity index (χ2v) is 6.32. The summed E-state index contributed by atoms with van der Waals surface area (Å²) in [6, 6.07) is 8.05. The van der Waals surface area contributed by atoms with Crippen molar-refractivity contribution < 1.29 is 23.2 Å². The molecule has 1 aromatic heterocycles. The van der Waals surface area contributed by atoms with Crippen LogP contribution in [0.2, 0.25) is 0 Å². The van der Waals surface area contributed by atoms with E-state index in [-0.39, 0.29) is 12.5 Å². The van der Waals surface area contributed by atoms with E-state index in [0.717, 1.165) is 4.90 Å². The van der Waals surface area contributed by atoms with Gasteiger partial charge in [0.2, 0.25) is 6.43 Å². The van der Waals surface area contributed by atoms with E-state index in [1.165, 1.54) is 17.3 Å². The molecule has 28 heavy (non-hydrogen) atoms. The molecule has 0 aliphatic carbocycles. The Bertz CT molecular complexity index is 875. The number of rotatable bonds is 6. The van der Waals surface area contributed by atoms with Crippen LogP contribution in [0.1, 0.15) is 22.3 Å². The van der Waals surface area contributed by atoms with E-state index < -0.39 is 30.8 Å². The van der Waals surface area contributed by atoms with Gasteiger partial charge < -0.3 is 10.2 Å². The summed E-state index contributed by atoms with van der Waals surface area (Å²) in [5.74, 6) is -0.876. The van der Waals surface area contributed by atoms with Gasteiger partial charge in [0.25, 0.3) is 11.8 Å². The lowest BCUT2D eigenvalue weighted by molar-refractivity contribution is -0.128. The number of benzene rings is 1. The van der Waals surface area contributed by atoms with Crippen molar-refractivity contribution in [2.24, 2.45) is 0 Å². The molecule has 1 N–H and O–H groups in total. The number of amides is 4. The maximum Gasteiger partial charge on any atom is 0.325 e. The average Bonchev–Trinajstić information content (AvgIpc) is 2.95. The van der Waals surface area contributed by atoms with Gasteiger partial charge in [-0.15, -0.1) is 0 Å². The minimum atomic E-state index is -2.68. The second-order valence-electron chi connectivity index (χ2n) is 6.32. The van der Waals surface area contributed by atoms with Crippen molar-refractivity contribution in [2.45, 2.75) is 25.4 Å². The van der Waals surface area contributed by atoms with Gasteiger partial charge in [-0.05, 0) is 29.8 Å². The Morgan fingerprint density at radius 3 is 2.43 bits per heavy atom. The lowest BCUT2D eigenvalue weighted by atomic mass is 10.1. The molecule has 1 unspecified atom stereocenters. The Hall–Kier alpha value is -3.36. The Labute approximate surface area is 160 Å². The first-order chi connectivity index (χ1) is 13.4. The fourth-order valence-corrected chi connectivity index (χ4v) is 2.88. The molecule has 0 bridgehead atoms. The third-order valence-electron chi connectivity index (χ3n) is 4.42. The molecule has 1 atom stereocenters. The van der Waals surface area contributed by atoms with Gasteiger partial charge in [-0.3, -0.25) is 19.5 Å². The van der Waals surface area contributed by atoms with E-state index in [4.69, 9.17) is 0 Å². The summed E-state index contributed by atoms with van der Waals surface area (Å²) in [5, 5.41) is 2.27. The molecule has 2 aromatic rings. The summed E-state index contributed by atoms with van der Waals surface area (Å²) in [6.45, 7) is -0.0350. The number of alkyl halides is 2. The van der Waals surface area contributed by atoms with Gasteiger partial charge in [0, 0.05) is 37.1 Å². The lowest BCUT2D eigenvalue weighted by Gasteiger charge is -2.18. The van der Waals surface area contributed by atoms with Crippen LogP contribution in [-0.4, -0.2) is 47.2 Å². The Balaban J connectivity index is 1.67. The van der Waals surface area contributed by atoms with Crippen molar-refractivity contribution in [3.63, 3.8) is 0 Å². The highest BCUT2D eigenvalue weighted by molar-refractivity contribution is 6.05. The Morgan fingerprint density at radius 1 is 1.18 bits per heavy atom. The molecule has 9 heteroatoms. The summed E-state index contributed by atoms with van der Waals surface area (Å²) in [7, 11) is 1.63. The van der Waals surface area contributed by atoms with Crippen molar-refractivity contribution in [3.05, 3.63) is 59.9 Å². The van der Waals surface area contributed by atoms with E-state index >= 15 is 0 Å². The minimum Gasteiger partial charge on any atom is -0.326 e. The van der Waals surface area contributed by atoms with Crippen LogP contribution in [0.5, 0.6) is 0 Å². The average molecular weight is 388 g/mol. The van der Waals surface area contributed by atoms with E-state index in [1.54, 1.807) is 43.4 Å². The molecule has 4 amide bonds. The number of halogens is 2. The van der Waals surface area contributed by atoms with Crippen LogP contribution >= 0.6 is 0 Å². The van der Waals surface area contributed by atoms with Crippen molar-refractivity contribution in [1.82, 2.24) is 15.2 Å². The van der Waals surface area contributed by atoms with Crippen LogP contribution in [0.25, 0.3) is 0 Å². The molecule has 1 saturated heterocycles. The van der Waals surface area contributed by atoms with E-state index in [0.29, 0.717) is 16.8 Å². The zero-order valence-electron chi connectivity index (χ0n) is 15.0. The summed E-state index contributed by atoms with van der Waals surface area (Å²) < 4.78 is 25.0. The van der Waals surface area contributed by atoms with Crippen LogP contribution in [0.4, 0.5) is 19.3 Å². The quantitative estimate of drug-likeness (QED) is 0.771. The Kier molecular flexibility index (Phi) is 5.62. The third kappa shape index (κ3) is 4.13. The molecule has 7 nitrogen and oxygen atoms in total. The fourth-order valence-electron chi connectivity index (χ4n) is 2.88. The summed E-state index contributed by atoms with van der Waals surface area (Å²) >= 11 is 0. The first kappa shape index (κ1) is 19.4. The fraction of sp³-hybridized carbons (Fsp3) is 0.263. The number of nitrogens with zero attached hydrogens (tertiary/aromatic N) is 3. The van der Waals surface area contributed by atoms with Gasteiger partial charge in [0.15, 0.2) is 0 Å². The number of urea groups is 1. The molecule has 146 valence electrons. The van der Waals surface area contributed by atoms with Crippen LogP contribution < -0.4 is 10.2 Å². The van der Waals surface area contributed by atoms with Crippen molar-refractivity contribution >= 4 is 23.5 Å². The number of aromatic nitrogens is 1. The predicted octanol–water partition coefficient (Wildman–Crippen LogP) is 2.43. The van der Waals surface area contributed by atoms with Gasteiger partial charge in [-0.2, -0.15) is 0 Å². The zero-order chi connectivity index (χ0) is 20.3. The number of hydrogen-bond acceptors (Lipinski definition) is 4. The van der Waals surface area contributed by atoms with Crippen LogP contribution in [0.15, 0.2) is 48.8 Å². The maximum atomic E-state index is 12.5. The summed E-state index contributed by atoms with van der Waals surface area (Å²) in [6.07, 6.45) is -0.323. The maximum absolute atomic E-state index is 12.5. The molecule has 1 aliphatic heterocycles. The molecule has 0 saturated carbocycles. The SMILES string of the molecule is CN(C(=O)c1ccncc1)c1ccc(CN2C(=O)NC(CC(F)F)C2=O)cc1. The van der Waals surface area contributed by atoms with Gasteiger partial charge in [-0.25, -0.2) is 13.6 Å². The lowest BCUT2D eigenvalue weighted by Crippen LogP contribution is -2.32. The van der Waals surface area contributed by atoms with Gasteiger partial charge in [0.05, 0.1) is 6.54 Å². The smallest absolute Gasteiger partial charge is 0.325 e. The minimum absolute atomic E-state index is 0.0350. The largest absolute Gasteiger partial charge is 0.326 e. The monoisotopic (exact) mass is 388 g/mol. The molecule has 1 aromatic carbocycles. The number of carbonyl (C=O) groups is 3. The van der Waals surface area contributed by atoms with Gasteiger partial charge >= 0.3 is 6.03 Å². The zero-order valence-corrected chi connectivity index (χ0v) is 15.0. The number of anilines is 1. The molecule has 1 fully saturated rings. The molecule has 2 heterocycles. The highest BCUT2D eigenvalue weighted by Gasteiger charge is 2.39. The molecular formula is C19H18F2N4O3. The van der Waals surface area contributed by atoms with E-state index in [2.05, 4.69) is 10.3 Å². The van der Waals surface area contributed by atoms with Crippen molar-refractivity contribution in [1.29, 1.82) is 0 Å². The van der Waals surface area contributed by atoms with Crippen LogP contribution in [-0.2, 0) is 11.3 Å². The van der Waals surface area contributed by atoms with Crippen LogP contribution in [0.3, 0.4) is 0 Å². The normalized spacial score (nSPS) is 16.4. The second kappa shape index (κ2) is 8.12. The first-order valence-electron chi connectivity index (χ1n) is 8.54. The molecular weight excluding hydrogens is 370 g/mol. The topological polar surface area (TPSA) is 82.6 Å².